The monoisotopic (exact) mass is 915 g/mol. The van der Waals surface area contributed by atoms with Crippen molar-refractivity contribution >= 4 is 131 Å². The molecule has 0 aliphatic carbocycles. The maximum absolute atomic E-state index is 6.17. The normalized spacial score (nSPS) is 13.9. The van der Waals surface area contributed by atoms with Gasteiger partial charge in [0.05, 0.1) is 59.1 Å². The van der Waals surface area contributed by atoms with Gasteiger partial charge in [-0.05, 0) is 102 Å². The molecule has 1 fully saturated rings. The smallest absolute Gasteiger partial charge is 0.399 e. The predicted molar refractivity (Wildman–Crippen MR) is 229 cm³/mol. The van der Waals surface area contributed by atoms with Crippen LogP contribution in [-0.2, 0) is 9.31 Å². The van der Waals surface area contributed by atoms with Gasteiger partial charge in [0.15, 0.2) is 0 Å². The lowest BCUT2D eigenvalue weighted by Crippen LogP contribution is -2.41. The summed E-state index contributed by atoms with van der Waals surface area (Å²) in [7, 11) is -0.462. The molecule has 5 aromatic carbocycles. The van der Waals surface area contributed by atoms with Gasteiger partial charge in [0, 0.05) is 31.2 Å². The summed E-state index contributed by atoms with van der Waals surface area (Å²) in [6, 6.07) is 27.2. The summed E-state index contributed by atoms with van der Waals surface area (Å²) in [5, 5.41) is 2.66. The highest BCUT2D eigenvalue weighted by Crippen LogP contribution is 2.39. The third kappa shape index (κ3) is 11.0. The van der Waals surface area contributed by atoms with E-state index in [1.807, 2.05) is 88.4 Å². The van der Waals surface area contributed by atoms with E-state index in [4.69, 9.17) is 96.0 Å². The molecule has 1 heterocycles. The van der Waals surface area contributed by atoms with Crippen molar-refractivity contribution in [3.8, 4) is 11.1 Å². The number of hydrogen-bond acceptors (Lipinski definition) is 7. The average Bonchev–Trinajstić information content (AvgIpc) is 3.29. The Hall–Kier alpha value is -2.51. The minimum Gasteiger partial charge on any atom is -0.399 e. The molecule has 1 aliphatic heterocycles. The number of nitrogen functional groups attached to an aromatic ring is 5. The van der Waals surface area contributed by atoms with Gasteiger partial charge in [-0.3, -0.25) is 0 Å². The van der Waals surface area contributed by atoms with Crippen LogP contribution >= 0.6 is 89.9 Å². The summed E-state index contributed by atoms with van der Waals surface area (Å²) in [6.45, 7) is 8.03. The molecular formula is C36H37BBr2Cl5N5O2. The van der Waals surface area contributed by atoms with Crippen molar-refractivity contribution in [1.29, 1.82) is 0 Å². The molecule has 270 valence electrons. The summed E-state index contributed by atoms with van der Waals surface area (Å²) < 4.78 is 13.5. The van der Waals surface area contributed by atoms with Gasteiger partial charge in [-0.1, -0.05) is 107 Å². The number of hydrogen-bond donors (Lipinski definition) is 5. The van der Waals surface area contributed by atoms with Crippen LogP contribution in [0.15, 0.2) is 99.9 Å². The van der Waals surface area contributed by atoms with Gasteiger partial charge in [0.25, 0.3) is 0 Å². The average molecular weight is 920 g/mol. The van der Waals surface area contributed by atoms with E-state index in [1.165, 1.54) is 0 Å². The quantitative estimate of drug-likeness (QED) is 0.0874. The van der Waals surface area contributed by atoms with Crippen molar-refractivity contribution in [2.75, 3.05) is 28.7 Å². The third-order valence-corrected chi connectivity index (χ3v) is 11.8. The zero-order valence-electron chi connectivity index (χ0n) is 28.1. The van der Waals surface area contributed by atoms with Gasteiger partial charge in [0.1, 0.15) is 0 Å². The molecule has 0 spiro atoms. The zero-order valence-corrected chi connectivity index (χ0v) is 35.0. The Balaban J connectivity index is 0.000000191. The number of rotatable bonds is 2. The lowest BCUT2D eigenvalue weighted by Gasteiger charge is -2.32. The van der Waals surface area contributed by atoms with E-state index in [0.717, 1.165) is 25.5 Å². The van der Waals surface area contributed by atoms with E-state index in [9.17, 15) is 0 Å². The van der Waals surface area contributed by atoms with Crippen LogP contribution in [0.5, 0.6) is 0 Å². The standard InChI is InChI=1S/C12H17BClNO2.C12H10Cl2N2.2C6H5BrClN/c1-11(2)12(3,4)17-13(16-11)8-6-5-7-9(15)10(8)14;13-11-7(3-1-5-9(11)15)8-4-2-6-10(16)12(8)14;2*7-4-2-1-3-5(9)6(4)8/h5-7H,15H2,1-4H3;1-6H,15-16H2;2*1-3H,9H2. The Morgan fingerprint density at radius 3 is 1.08 bits per heavy atom. The number of benzene rings is 5. The maximum atomic E-state index is 6.17. The highest BCUT2D eigenvalue weighted by Gasteiger charge is 2.52. The summed E-state index contributed by atoms with van der Waals surface area (Å²) in [5.74, 6) is 0. The molecule has 1 saturated heterocycles. The third-order valence-electron chi connectivity index (χ3n) is 7.88. The van der Waals surface area contributed by atoms with Crippen LogP contribution in [0.4, 0.5) is 28.4 Å². The molecule has 0 amide bonds. The molecule has 0 aromatic heterocycles. The van der Waals surface area contributed by atoms with E-state index in [2.05, 4.69) is 31.9 Å². The predicted octanol–water partition coefficient (Wildman–Crippen LogP) is 11.4. The van der Waals surface area contributed by atoms with Crippen LogP contribution in [0.2, 0.25) is 25.1 Å². The molecule has 10 N–H and O–H groups in total. The van der Waals surface area contributed by atoms with Crippen LogP contribution in [0.1, 0.15) is 27.7 Å². The Kier molecular flexibility index (Phi) is 15.6. The van der Waals surface area contributed by atoms with Crippen molar-refractivity contribution in [2.24, 2.45) is 0 Å². The summed E-state index contributed by atoms with van der Waals surface area (Å²) >= 11 is 36.3. The first-order valence-electron chi connectivity index (χ1n) is 15.2. The second-order valence-electron chi connectivity index (χ2n) is 12.0. The Morgan fingerprint density at radius 1 is 0.451 bits per heavy atom. The zero-order chi connectivity index (χ0) is 38.3. The maximum Gasteiger partial charge on any atom is 0.496 e. The number of halogens is 7. The Morgan fingerprint density at radius 2 is 0.745 bits per heavy atom. The van der Waals surface area contributed by atoms with Gasteiger partial charge in [0.2, 0.25) is 0 Å². The second kappa shape index (κ2) is 18.5. The molecule has 0 saturated carbocycles. The van der Waals surface area contributed by atoms with Gasteiger partial charge >= 0.3 is 7.12 Å². The Labute approximate surface area is 341 Å². The topological polar surface area (TPSA) is 149 Å². The number of anilines is 5. The molecule has 0 bridgehead atoms. The van der Waals surface area contributed by atoms with E-state index < -0.39 is 7.12 Å². The SMILES string of the molecule is CC1(C)OB(c2cccc(N)c2Cl)OC1(C)C.Nc1cccc(-c2cccc(N)c2Cl)c1Cl.Nc1cccc(Br)c1Cl.Nc1cccc(Br)c1Cl. The van der Waals surface area contributed by atoms with Gasteiger partial charge in [-0.15, -0.1) is 0 Å². The highest BCUT2D eigenvalue weighted by atomic mass is 79.9. The summed E-state index contributed by atoms with van der Waals surface area (Å²) in [5.41, 5.74) is 32.6. The van der Waals surface area contributed by atoms with Crippen LogP contribution < -0.4 is 34.1 Å². The van der Waals surface area contributed by atoms with Crippen LogP contribution in [-0.4, -0.2) is 18.3 Å². The van der Waals surface area contributed by atoms with Crippen LogP contribution in [0.25, 0.3) is 11.1 Å². The van der Waals surface area contributed by atoms with E-state index >= 15 is 0 Å². The minimum absolute atomic E-state index is 0.369. The first kappa shape index (κ1) is 42.9. The highest BCUT2D eigenvalue weighted by molar-refractivity contribution is 9.10. The summed E-state index contributed by atoms with van der Waals surface area (Å²) in [6.07, 6.45) is 0. The molecule has 6 rings (SSSR count). The fourth-order valence-electron chi connectivity index (χ4n) is 4.28. The van der Waals surface area contributed by atoms with Crippen LogP contribution in [0.3, 0.4) is 0 Å². The molecule has 1 aliphatic rings. The summed E-state index contributed by atoms with van der Waals surface area (Å²) in [4.78, 5) is 0. The first-order valence-corrected chi connectivity index (χ1v) is 18.6. The van der Waals surface area contributed by atoms with Crippen LogP contribution in [0, 0.1) is 0 Å². The van der Waals surface area contributed by atoms with Crippen molar-refractivity contribution in [3.05, 3.63) is 125 Å². The van der Waals surface area contributed by atoms with Crippen molar-refractivity contribution in [1.82, 2.24) is 0 Å². The fraction of sp³-hybridized carbons (Fsp3) is 0.167. The van der Waals surface area contributed by atoms with Gasteiger partial charge in [-0.2, -0.15) is 0 Å². The van der Waals surface area contributed by atoms with Crippen molar-refractivity contribution in [3.63, 3.8) is 0 Å². The first-order chi connectivity index (χ1) is 23.8. The lowest BCUT2D eigenvalue weighted by atomic mass is 9.79. The van der Waals surface area contributed by atoms with Crippen molar-refractivity contribution in [2.45, 2.75) is 38.9 Å². The molecule has 0 unspecified atom stereocenters. The van der Waals surface area contributed by atoms with E-state index in [-0.39, 0.29) is 11.2 Å². The molecule has 5 aromatic rings. The second-order valence-corrected chi connectivity index (χ2v) is 15.6. The van der Waals surface area contributed by atoms with Gasteiger partial charge in [-0.25, -0.2) is 0 Å². The van der Waals surface area contributed by atoms with Gasteiger partial charge < -0.3 is 38.0 Å². The van der Waals surface area contributed by atoms with E-state index in [1.54, 1.807) is 30.3 Å². The molecule has 51 heavy (non-hydrogen) atoms. The van der Waals surface area contributed by atoms with Crippen molar-refractivity contribution < 1.29 is 9.31 Å². The van der Waals surface area contributed by atoms with E-state index in [0.29, 0.717) is 53.6 Å². The molecule has 7 nitrogen and oxygen atoms in total. The minimum atomic E-state index is -0.462. The largest absolute Gasteiger partial charge is 0.496 e. The molecule has 15 heteroatoms. The lowest BCUT2D eigenvalue weighted by molar-refractivity contribution is 0.00578. The fourth-order valence-corrected chi connectivity index (χ4v) is 5.96. The number of nitrogens with two attached hydrogens (primary N) is 5. The Bertz CT molecular complexity index is 1830. The molecule has 0 atom stereocenters. The molecular weight excluding hydrogens is 882 g/mol. The molecule has 0 radical (unpaired) electrons.